The molecule has 27 heavy (non-hydrogen) atoms. The summed E-state index contributed by atoms with van der Waals surface area (Å²) in [5.74, 6) is 0.664. The fraction of sp³-hybridized carbons (Fsp3) is 0.350. The summed E-state index contributed by atoms with van der Waals surface area (Å²) in [6.45, 7) is 8.19. The third kappa shape index (κ3) is 2.31. The summed E-state index contributed by atoms with van der Waals surface area (Å²) >= 11 is 0. The second kappa shape index (κ2) is 5.70. The van der Waals surface area contributed by atoms with Gasteiger partial charge in [0, 0.05) is 25.5 Å². The number of benzene rings is 1. The van der Waals surface area contributed by atoms with E-state index in [0.717, 1.165) is 28.1 Å². The zero-order valence-electron chi connectivity index (χ0n) is 16.5. The van der Waals surface area contributed by atoms with Crippen LogP contribution >= 0.6 is 0 Å². The first kappa shape index (κ1) is 17.3. The lowest BCUT2D eigenvalue weighted by atomic mass is 10.1. The van der Waals surface area contributed by atoms with Crippen LogP contribution in [0.3, 0.4) is 0 Å². The molecule has 0 bridgehead atoms. The SMILES string of the molecule is Cc1ccc(C)c(Cn2c(=O)c3c(nc4n(C)c(C)c(C)n34)n(C)c2=O)c1. The number of nitrogens with zero attached hydrogens (tertiary/aromatic N) is 5. The molecule has 0 unspecified atom stereocenters. The highest BCUT2D eigenvalue weighted by Crippen LogP contribution is 2.19. The van der Waals surface area contributed by atoms with Gasteiger partial charge in [-0.3, -0.25) is 18.3 Å². The van der Waals surface area contributed by atoms with Crippen LogP contribution in [0.25, 0.3) is 16.9 Å². The van der Waals surface area contributed by atoms with Crippen molar-refractivity contribution in [2.45, 2.75) is 34.2 Å². The van der Waals surface area contributed by atoms with Gasteiger partial charge >= 0.3 is 5.69 Å². The largest absolute Gasteiger partial charge is 0.332 e. The lowest BCUT2D eigenvalue weighted by molar-refractivity contribution is 0.654. The minimum absolute atomic E-state index is 0.243. The van der Waals surface area contributed by atoms with Crippen LogP contribution in [0.2, 0.25) is 0 Å². The summed E-state index contributed by atoms with van der Waals surface area (Å²) < 4.78 is 6.56. The third-order valence-electron chi connectivity index (χ3n) is 5.62. The van der Waals surface area contributed by atoms with E-state index in [9.17, 15) is 9.59 Å². The molecule has 0 atom stereocenters. The standard InChI is InChI=1S/C20H23N5O2/c1-11-7-8-12(2)15(9-11)10-24-18(26)16-17(23(6)20(24)27)21-19-22(5)13(3)14(4)25(16)19/h7-9H,10H2,1-6H3. The van der Waals surface area contributed by atoms with Gasteiger partial charge < -0.3 is 4.57 Å². The predicted octanol–water partition coefficient (Wildman–Crippen LogP) is 1.97. The average molecular weight is 365 g/mol. The van der Waals surface area contributed by atoms with Gasteiger partial charge in [-0.05, 0) is 38.8 Å². The molecule has 0 aliphatic heterocycles. The molecule has 0 aliphatic rings. The topological polar surface area (TPSA) is 66.2 Å². The highest BCUT2D eigenvalue weighted by molar-refractivity contribution is 5.76. The number of hydrogen-bond acceptors (Lipinski definition) is 3. The molecule has 3 heterocycles. The monoisotopic (exact) mass is 365 g/mol. The van der Waals surface area contributed by atoms with E-state index in [2.05, 4.69) is 4.98 Å². The van der Waals surface area contributed by atoms with E-state index in [1.54, 1.807) is 7.05 Å². The Labute approximate surface area is 156 Å². The fourth-order valence-corrected chi connectivity index (χ4v) is 3.69. The normalized spacial score (nSPS) is 11.8. The van der Waals surface area contributed by atoms with Gasteiger partial charge in [-0.1, -0.05) is 23.8 Å². The van der Waals surface area contributed by atoms with Gasteiger partial charge in [-0.15, -0.1) is 0 Å². The van der Waals surface area contributed by atoms with Crippen molar-refractivity contribution in [1.82, 2.24) is 23.1 Å². The molecule has 140 valence electrons. The van der Waals surface area contributed by atoms with E-state index < -0.39 is 0 Å². The smallest absolute Gasteiger partial charge is 0.317 e. The molecule has 0 amide bonds. The van der Waals surface area contributed by atoms with Gasteiger partial charge in [0.1, 0.15) is 0 Å². The second-order valence-corrected chi connectivity index (χ2v) is 7.31. The first-order chi connectivity index (χ1) is 12.7. The fourth-order valence-electron chi connectivity index (χ4n) is 3.69. The van der Waals surface area contributed by atoms with E-state index in [4.69, 9.17) is 0 Å². The van der Waals surface area contributed by atoms with Crippen LogP contribution in [0, 0.1) is 27.7 Å². The van der Waals surface area contributed by atoms with Crippen LogP contribution in [0.1, 0.15) is 28.1 Å². The lowest BCUT2D eigenvalue weighted by Gasteiger charge is -2.11. The number of aryl methyl sites for hydroxylation is 5. The Hall–Kier alpha value is -3.09. The first-order valence-electron chi connectivity index (χ1n) is 8.92. The zero-order chi connectivity index (χ0) is 19.6. The summed E-state index contributed by atoms with van der Waals surface area (Å²) in [7, 11) is 3.58. The number of fused-ring (bicyclic) bond motifs is 3. The molecule has 0 N–H and O–H groups in total. The Balaban J connectivity index is 2.09. The predicted molar refractivity (Wildman–Crippen MR) is 106 cm³/mol. The Kier molecular flexibility index (Phi) is 3.66. The highest BCUT2D eigenvalue weighted by Gasteiger charge is 2.21. The number of imidazole rings is 2. The van der Waals surface area contributed by atoms with Crippen LogP contribution in [-0.2, 0) is 20.6 Å². The van der Waals surface area contributed by atoms with Gasteiger partial charge in [-0.2, -0.15) is 4.98 Å². The van der Waals surface area contributed by atoms with Crippen LogP contribution < -0.4 is 11.2 Å². The second-order valence-electron chi connectivity index (χ2n) is 7.31. The Bertz CT molecular complexity index is 1350. The molecule has 0 spiro atoms. The van der Waals surface area contributed by atoms with Gasteiger partial charge in [0.25, 0.3) is 5.56 Å². The summed E-state index contributed by atoms with van der Waals surface area (Å²) in [6, 6.07) is 6.06. The summed E-state index contributed by atoms with van der Waals surface area (Å²) in [5, 5.41) is 0. The first-order valence-corrected chi connectivity index (χ1v) is 8.92. The molecular formula is C20H23N5O2. The van der Waals surface area contributed by atoms with Crippen molar-refractivity contribution in [2.24, 2.45) is 14.1 Å². The molecule has 0 saturated heterocycles. The molecule has 4 aromatic rings. The zero-order valence-corrected chi connectivity index (χ0v) is 16.5. The van der Waals surface area contributed by atoms with Crippen molar-refractivity contribution in [3.05, 3.63) is 67.1 Å². The number of hydrogen-bond donors (Lipinski definition) is 0. The summed E-state index contributed by atoms with van der Waals surface area (Å²) in [4.78, 5) is 30.8. The van der Waals surface area contributed by atoms with Gasteiger partial charge in [0.05, 0.1) is 6.54 Å². The maximum absolute atomic E-state index is 13.3. The van der Waals surface area contributed by atoms with Gasteiger partial charge in [-0.25, -0.2) is 4.79 Å². The van der Waals surface area contributed by atoms with E-state index in [0.29, 0.717) is 16.9 Å². The van der Waals surface area contributed by atoms with Crippen molar-refractivity contribution in [2.75, 3.05) is 0 Å². The molecule has 0 saturated carbocycles. The highest BCUT2D eigenvalue weighted by atomic mass is 16.2. The summed E-state index contributed by atoms with van der Waals surface area (Å²) in [6.07, 6.45) is 0. The number of rotatable bonds is 2. The van der Waals surface area contributed by atoms with Crippen LogP contribution in [0.4, 0.5) is 0 Å². The van der Waals surface area contributed by atoms with Gasteiger partial charge in [0.2, 0.25) is 5.78 Å². The van der Waals surface area contributed by atoms with E-state index in [1.165, 1.54) is 9.13 Å². The minimum Gasteiger partial charge on any atom is -0.317 e. The maximum atomic E-state index is 13.3. The molecule has 0 fully saturated rings. The average Bonchev–Trinajstić information content (AvgIpc) is 3.13. The molecule has 0 aliphatic carbocycles. The van der Waals surface area contributed by atoms with E-state index in [-0.39, 0.29) is 17.8 Å². The van der Waals surface area contributed by atoms with Crippen LogP contribution in [-0.4, -0.2) is 23.1 Å². The Morgan fingerprint density at radius 3 is 2.37 bits per heavy atom. The minimum atomic E-state index is -0.355. The van der Waals surface area contributed by atoms with Crippen LogP contribution in [0.5, 0.6) is 0 Å². The van der Waals surface area contributed by atoms with Crippen molar-refractivity contribution < 1.29 is 0 Å². The lowest BCUT2D eigenvalue weighted by Crippen LogP contribution is -2.39. The molecule has 1 aromatic carbocycles. The Morgan fingerprint density at radius 1 is 0.963 bits per heavy atom. The molecule has 3 aromatic heterocycles. The molecule has 7 nitrogen and oxygen atoms in total. The summed E-state index contributed by atoms with van der Waals surface area (Å²) in [5.41, 5.74) is 5.30. The molecule has 7 heteroatoms. The van der Waals surface area contributed by atoms with E-state index >= 15 is 0 Å². The van der Waals surface area contributed by atoms with Gasteiger partial charge in [0.15, 0.2) is 11.2 Å². The van der Waals surface area contributed by atoms with Crippen molar-refractivity contribution in [3.63, 3.8) is 0 Å². The maximum Gasteiger partial charge on any atom is 0.332 e. The van der Waals surface area contributed by atoms with Crippen molar-refractivity contribution >= 4 is 16.9 Å². The number of aromatic nitrogens is 5. The quantitative estimate of drug-likeness (QED) is 0.545. The Morgan fingerprint density at radius 2 is 1.67 bits per heavy atom. The third-order valence-corrected chi connectivity index (χ3v) is 5.62. The molecular weight excluding hydrogens is 342 g/mol. The van der Waals surface area contributed by atoms with Crippen LogP contribution in [0.15, 0.2) is 27.8 Å². The van der Waals surface area contributed by atoms with Crippen molar-refractivity contribution in [1.29, 1.82) is 0 Å². The van der Waals surface area contributed by atoms with Crippen molar-refractivity contribution in [3.8, 4) is 0 Å². The van der Waals surface area contributed by atoms with E-state index in [1.807, 2.05) is 61.9 Å². The molecule has 0 radical (unpaired) electrons. The molecule has 4 rings (SSSR count).